The highest BCUT2D eigenvalue weighted by Gasteiger charge is 2.52. The molecular formula is C24H23NO3. The summed E-state index contributed by atoms with van der Waals surface area (Å²) in [6.45, 7) is 0.483. The first-order valence-electron chi connectivity index (χ1n) is 9.50. The Kier molecular flexibility index (Phi) is 4.99. The number of carboxylic acid groups (broad SMARTS) is 1. The molecule has 4 heteroatoms. The molecule has 142 valence electrons. The van der Waals surface area contributed by atoms with Gasteiger partial charge in [-0.2, -0.15) is 0 Å². The van der Waals surface area contributed by atoms with Crippen LogP contribution in [0.5, 0.6) is 0 Å². The summed E-state index contributed by atoms with van der Waals surface area (Å²) in [5.41, 5.74) is 2.12. The Bertz CT molecular complexity index is 831. The van der Waals surface area contributed by atoms with Crippen molar-refractivity contribution < 1.29 is 15.0 Å². The third-order valence-corrected chi connectivity index (χ3v) is 5.62. The molecule has 0 aliphatic carbocycles. The molecule has 0 amide bonds. The molecule has 1 fully saturated rings. The predicted molar refractivity (Wildman–Crippen MR) is 108 cm³/mol. The maximum Gasteiger partial charge on any atom is 0.323 e. The summed E-state index contributed by atoms with van der Waals surface area (Å²) in [6, 6.07) is 28.9. The van der Waals surface area contributed by atoms with Crippen molar-refractivity contribution in [2.24, 2.45) is 0 Å². The first-order chi connectivity index (χ1) is 13.7. The zero-order valence-electron chi connectivity index (χ0n) is 15.5. The van der Waals surface area contributed by atoms with Crippen LogP contribution in [-0.2, 0) is 10.3 Å². The molecule has 1 aliphatic heterocycles. The van der Waals surface area contributed by atoms with Gasteiger partial charge in [-0.15, -0.1) is 0 Å². The van der Waals surface area contributed by atoms with Crippen LogP contribution in [0.3, 0.4) is 0 Å². The Morgan fingerprint density at radius 3 is 1.54 bits per heavy atom. The molecule has 0 saturated carbocycles. The van der Waals surface area contributed by atoms with Crippen molar-refractivity contribution >= 4 is 5.97 Å². The fourth-order valence-corrected chi connectivity index (χ4v) is 4.49. The highest BCUT2D eigenvalue weighted by Crippen LogP contribution is 2.45. The zero-order chi connectivity index (χ0) is 19.6. The minimum atomic E-state index is -1.00. The third-order valence-electron chi connectivity index (χ3n) is 5.62. The number of rotatable bonds is 5. The molecule has 4 nitrogen and oxygen atoms in total. The van der Waals surface area contributed by atoms with Gasteiger partial charge in [-0.3, -0.25) is 9.69 Å². The molecule has 0 aromatic heterocycles. The second kappa shape index (κ2) is 7.58. The molecular weight excluding hydrogens is 350 g/mol. The van der Waals surface area contributed by atoms with Crippen LogP contribution in [0.2, 0.25) is 0 Å². The van der Waals surface area contributed by atoms with Crippen molar-refractivity contribution in [2.75, 3.05) is 6.54 Å². The van der Waals surface area contributed by atoms with Crippen molar-refractivity contribution in [1.29, 1.82) is 0 Å². The first-order valence-corrected chi connectivity index (χ1v) is 9.50. The highest BCUT2D eigenvalue weighted by atomic mass is 16.4. The summed E-state index contributed by atoms with van der Waals surface area (Å²) < 4.78 is 0. The van der Waals surface area contributed by atoms with E-state index in [4.69, 9.17) is 0 Å². The van der Waals surface area contributed by atoms with Crippen molar-refractivity contribution in [3.63, 3.8) is 0 Å². The van der Waals surface area contributed by atoms with Gasteiger partial charge >= 0.3 is 5.97 Å². The molecule has 2 N–H and O–H groups in total. The van der Waals surface area contributed by atoms with Crippen LogP contribution in [0.4, 0.5) is 0 Å². The summed E-state index contributed by atoms with van der Waals surface area (Å²) >= 11 is 0. The second-order valence-corrected chi connectivity index (χ2v) is 7.14. The minimum Gasteiger partial charge on any atom is -0.480 e. The fourth-order valence-electron chi connectivity index (χ4n) is 4.49. The van der Waals surface area contributed by atoms with Crippen LogP contribution in [0, 0.1) is 0 Å². The average Bonchev–Trinajstić information content (AvgIpc) is 3.13. The van der Waals surface area contributed by atoms with E-state index in [9.17, 15) is 15.0 Å². The quantitative estimate of drug-likeness (QED) is 0.672. The molecule has 28 heavy (non-hydrogen) atoms. The van der Waals surface area contributed by atoms with E-state index in [1.54, 1.807) is 0 Å². The van der Waals surface area contributed by atoms with Crippen molar-refractivity contribution in [2.45, 2.75) is 24.1 Å². The number of aliphatic hydroxyl groups excluding tert-OH is 1. The smallest absolute Gasteiger partial charge is 0.323 e. The highest BCUT2D eigenvalue weighted by molar-refractivity contribution is 5.75. The summed E-state index contributed by atoms with van der Waals surface area (Å²) in [6.07, 6.45) is -0.487. The van der Waals surface area contributed by atoms with E-state index < -0.39 is 23.7 Å². The Morgan fingerprint density at radius 2 is 1.18 bits per heavy atom. The number of aliphatic carboxylic acids is 1. The first kappa shape index (κ1) is 18.4. The van der Waals surface area contributed by atoms with Gasteiger partial charge < -0.3 is 10.2 Å². The van der Waals surface area contributed by atoms with Crippen LogP contribution in [0.1, 0.15) is 23.1 Å². The largest absolute Gasteiger partial charge is 0.480 e. The Hall–Kier alpha value is -2.95. The third kappa shape index (κ3) is 2.91. The molecule has 3 aromatic rings. The summed E-state index contributed by atoms with van der Waals surface area (Å²) in [7, 11) is 0. The normalized spacial score (nSPS) is 20.2. The summed E-state index contributed by atoms with van der Waals surface area (Å²) in [5, 5.41) is 20.5. The summed E-state index contributed by atoms with van der Waals surface area (Å²) in [4.78, 5) is 14.1. The van der Waals surface area contributed by atoms with Gasteiger partial charge in [0, 0.05) is 6.54 Å². The lowest BCUT2D eigenvalue weighted by atomic mass is 9.75. The minimum absolute atomic E-state index is 0.422. The van der Waals surface area contributed by atoms with Gasteiger partial charge in [0.25, 0.3) is 0 Å². The molecule has 1 aliphatic rings. The van der Waals surface area contributed by atoms with E-state index in [2.05, 4.69) is 0 Å². The number of hydrogen-bond donors (Lipinski definition) is 2. The number of hydrogen-bond acceptors (Lipinski definition) is 3. The topological polar surface area (TPSA) is 60.8 Å². The lowest BCUT2D eigenvalue weighted by Gasteiger charge is -2.45. The molecule has 0 bridgehead atoms. The number of aliphatic hydroxyl groups is 1. The second-order valence-electron chi connectivity index (χ2n) is 7.14. The van der Waals surface area contributed by atoms with Gasteiger partial charge in [0.15, 0.2) is 0 Å². The lowest BCUT2D eigenvalue weighted by Crippen LogP contribution is -2.54. The van der Waals surface area contributed by atoms with Gasteiger partial charge in [0.05, 0.1) is 11.6 Å². The van der Waals surface area contributed by atoms with Crippen LogP contribution in [0.25, 0.3) is 0 Å². The number of carbonyl (C=O) groups is 1. The number of benzene rings is 3. The molecule has 0 radical (unpaired) electrons. The van der Waals surface area contributed by atoms with Gasteiger partial charge in [0.1, 0.15) is 6.04 Å². The average molecular weight is 373 g/mol. The molecule has 2 atom stereocenters. The molecule has 1 heterocycles. The number of carboxylic acids is 1. The molecule has 4 rings (SSSR count). The SMILES string of the molecule is O=C(O)[C@H]1C(O)CCN1C(c1ccccc1)(c1ccccc1)c1ccccc1. The van der Waals surface area contributed by atoms with Crippen molar-refractivity contribution in [3.05, 3.63) is 108 Å². The zero-order valence-corrected chi connectivity index (χ0v) is 15.5. The van der Waals surface area contributed by atoms with E-state index >= 15 is 0 Å². The predicted octanol–water partition coefficient (Wildman–Crippen LogP) is 3.50. The lowest BCUT2D eigenvalue weighted by molar-refractivity contribution is -0.146. The van der Waals surface area contributed by atoms with E-state index in [1.807, 2.05) is 95.9 Å². The number of nitrogens with zero attached hydrogens (tertiary/aromatic N) is 1. The maximum absolute atomic E-state index is 12.2. The van der Waals surface area contributed by atoms with Crippen LogP contribution < -0.4 is 0 Å². The fraction of sp³-hybridized carbons (Fsp3) is 0.208. The van der Waals surface area contributed by atoms with Gasteiger partial charge in [-0.25, -0.2) is 0 Å². The van der Waals surface area contributed by atoms with E-state index in [0.717, 1.165) is 16.7 Å². The van der Waals surface area contributed by atoms with Crippen molar-refractivity contribution in [3.8, 4) is 0 Å². The maximum atomic E-state index is 12.2. The van der Waals surface area contributed by atoms with E-state index in [-0.39, 0.29) is 0 Å². The molecule has 0 spiro atoms. The molecule has 1 saturated heterocycles. The Balaban J connectivity index is 2.06. The van der Waals surface area contributed by atoms with Crippen LogP contribution in [0.15, 0.2) is 91.0 Å². The molecule has 1 unspecified atom stereocenters. The van der Waals surface area contributed by atoms with Crippen LogP contribution in [-0.4, -0.2) is 39.8 Å². The Labute approximate surface area is 164 Å². The van der Waals surface area contributed by atoms with E-state index in [0.29, 0.717) is 13.0 Å². The van der Waals surface area contributed by atoms with Gasteiger partial charge in [0.2, 0.25) is 0 Å². The Morgan fingerprint density at radius 1 is 0.786 bits per heavy atom. The standard InChI is InChI=1S/C24H23NO3/c26-21-16-17-25(22(21)23(27)28)24(18-10-4-1-5-11-18,19-12-6-2-7-13-19)20-14-8-3-9-15-20/h1-15,21-22,26H,16-17H2,(H,27,28)/t21?,22-/m1/s1. The molecule has 3 aromatic carbocycles. The van der Waals surface area contributed by atoms with E-state index in [1.165, 1.54) is 0 Å². The summed E-state index contributed by atoms with van der Waals surface area (Å²) in [5.74, 6) is -1.00. The number of likely N-dealkylation sites (tertiary alicyclic amines) is 1. The van der Waals surface area contributed by atoms with Crippen LogP contribution >= 0.6 is 0 Å². The van der Waals surface area contributed by atoms with Crippen molar-refractivity contribution in [1.82, 2.24) is 4.90 Å². The van der Waals surface area contributed by atoms with Gasteiger partial charge in [-0.05, 0) is 23.1 Å². The monoisotopic (exact) mass is 373 g/mol. The van der Waals surface area contributed by atoms with Gasteiger partial charge in [-0.1, -0.05) is 91.0 Å².